The van der Waals surface area contributed by atoms with Crippen LogP contribution >= 0.6 is 0 Å². The Morgan fingerprint density at radius 3 is 2.62 bits per heavy atom. The van der Waals surface area contributed by atoms with E-state index in [4.69, 9.17) is 9.47 Å². The van der Waals surface area contributed by atoms with Gasteiger partial charge in [0.25, 0.3) is 0 Å². The Morgan fingerprint density at radius 1 is 1.38 bits per heavy atom. The summed E-state index contributed by atoms with van der Waals surface area (Å²) in [5.74, 6) is 0.873. The smallest absolute Gasteiger partial charge is 0.250 e. The highest BCUT2D eigenvalue weighted by Crippen LogP contribution is 2.31. The molecule has 2 heterocycles. The first-order valence-electron chi connectivity index (χ1n) is 5.83. The number of ether oxygens (including phenoxy) is 2. The fourth-order valence-corrected chi connectivity index (χ4v) is 2.00. The molecule has 0 radical (unpaired) electrons. The summed E-state index contributed by atoms with van der Waals surface area (Å²) in [6.45, 7) is 6.75. The molecule has 2 saturated heterocycles. The summed E-state index contributed by atoms with van der Waals surface area (Å²) in [5.41, 5.74) is -0.114. The monoisotopic (exact) mass is 225 g/mol. The lowest BCUT2D eigenvalue weighted by Gasteiger charge is -2.26. The average Bonchev–Trinajstić information content (AvgIpc) is 2.59. The van der Waals surface area contributed by atoms with Gasteiger partial charge in [-0.1, -0.05) is 0 Å². The minimum absolute atomic E-state index is 0.0519. The van der Waals surface area contributed by atoms with Crippen LogP contribution in [0.5, 0.6) is 0 Å². The highest BCUT2D eigenvalue weighted by molar-refractivity contribution is 5.88. The van der Waals surface area contributed by atoms with E-state index in [1.165, 1.54) is 0 Å². The number of hydrogen-bond acceptors (Lipinski definition) is 3. The molecule has 2 aliphatic heterocycles. The molecular weight excluding hydrogens is 206 g/mol. The largest absolute Gasteiger partial charge is 0.492 e. The van der Waals surface area contributed by atoms with Gasteiger partial charge in [-0.15, -0.1) is 0 Å². The van der Waals surface area contributed by atoms with Gasteiger partial charge < -0.3 is 14.4 Å². The van der Waals surface area contributed by atoms with Crippen LogP contribution in [0.2, 0.25) is 0 Å². The van der Waals surface area contributed by atoms with E-state index in [2.05, 4.69) is 0 Å². The van der Waals surface area contributed by atoms with E-state index < -0.39 is 0 Å². The van der Waals surface area contributed by atoms with Gasteiger partial charge in [-0.25, -0.2) is 0 Å². The molecule has 1 amide bonds. The van der Waals surface area contributed by atoms with Crippen LogP contribution < -0.4 is 0 Å². The summed E-state index contributed by atoms with van der Waals surface area (Å²) in [4.78, 5) is 13.7. The molecule has 2 rings (SSSR count). The molecule has 0 bridgehead atoms. The summed E-state index contributed by atoms with van der Waals surface area (Å²) in [6, 6.07) is 0. The lowest BCUT2D eigenvalue weighted by Crippen LogP contribution is -2.40. The Kier molecular flexibility index (Phi) is 3.19. The molecule has 0 aromatic heterocycles. The first-order chi connectivity index (χ1) is 7.57. The summed E-state index contributed by atoms with van der Waals surface area (Å²) in [5, 5.41) is 0. The molecule has 0 aromatic carbocycles. The van der Waals surface area contributed by atoms with E-state index in [1.807, 2.05) is 18.7 Å². The fraction of sp³-hybridized carbons (Fsp3) is 0.750. The van der Waals surface area contributed by atoms with Crippen molar-refractivity contribution in [3.8, 4) is 0 Å². The van der Waals surface area contributed by atoms with Gasteiger partial charge in [0.2, 0.25) is 5.91 Å². The van der Waals surface area contributed by atoms with Crippen molar-refractivity contribution in [3.63, 3.8) is 0 Å². The molecule has 2 fully saturated rings. The molecule has 90 valence electrons. The summed E-state index contributed by atoms with van der Waals surface area (Å²) < 4.78 is 10.9. The summed E-state index contributed by atoms with van der Waals surface area (Å²) in [7, 11) is 0. The van der Waals surface area contributed by atoms with E-state index in [0.29, 0.717) is 26.3 Å². The maximum absolute atomic E-state index is 11.9. The highest BCUT2D eigenvalue weighted by atomic mass is 16.5. The van der Waals surface area contributed by atoms with Gasteiger partial charge in [0.05, 0.1) is 13.2 Å². The van der Waals surface area contributed by atoms with E-state index in [1.54, 1.807) is 6.08 Å². The predicted molar refractivity (Wildman–Crippen MR) is 59.9 cm³/mol. The molecule has 16 heavy (non-hydrogen) atoms. The maximum atomic E-state index is 11.9. The number of carbonyl (C=O) groups is 1. The second kappa shape index (κ2) is 4.45. The van der Waals surface area contributed by atoms with Crippen molar-refractivity contribution in [1.29, 1.82) is 0 Å². The molecule has 0 unspecified atom stereocenters. The van der Waals surface area contributed by atoms with Gasteiger partial charge in [-0.3, -0.25) is 4.79 Å². The second-order valence-electron chi connectivity index (χ2n) is 4.91. The van der Waals surface area contributed by atoms with Gasteiger partial charge in [0, 0.05) is 25.6 Å². The molecule has 0 N–H and O–H groups in total. The zero-order valence-electron chi connectivity index (χ0n) is 9.99. The molecule has 0 spiro atoms. The summed E-state index contributed by atoms with van der Waals surface area (Å²) >= 11 is 0. The van der Waals surface area contributed by atoms with E-state index in [-0.39, 0.29) is 11.5 Å². The maximum Gasteiger partial charge on any atom is 0.250 e. The van der Waals surface area contributed by atoms with Gasteiger partial charge in [-0.05, 0) is 20.3 Å². The lowest BCUT2D eigenvalue weighted by molar-refractivity contribution is -0.130. The minimum atomic E-state index is -0.114. The molecular formula is C12H19NO3. The predicted octanol–water partition coefficient (Wildman–Crippen LogP) is 1.32. The minimum Gasteiger partial charge on any atom is -0.492 e. The van der Waals surface area contributed by atoms with Crippen LogP contribution in [0.4, 0.5) is 0 Å². The topological polar surface area (TPSA) is 38.8 Å². The highest BCUT2D eigenvalue weighted by Gasteiger charge is 2.29. The molecule has 4 heteroatoms. The van der Waals surface area contributed by atoms with Crippen molar-refractivity contribution < 1.29 is 14.3 Å². The number of rotatable bonds is 1. The first-order valence-corrected chi connectivity index (χ1v) is 5.83. The number of hydrogen-bond donors (Lipinski definition) is 0. The Morgan fingerprint density at radius 2 is 2.06 bits per heavy atom. The van der Waals surface area contributed by atoms with Crippen molar-refractivity contribution in [2.75, 3.05) is 26.3 Å². The van der Waals surface area contributed by atoms with E-state index in [9.17, 15) is 4.79 Å². The quantitative estimate of drug-likeness (QED) is 0.632. The number of carbonyl (C=O) groups excluding carboxylic acids is 1. The second-order valence-corrected chi connectivity index (χ2v) is 4.91. The number of allylic oxidation sites excluding steroid dienone is 1. The third-order valence-corrected chi connectivity index (χ3v) is 2.99. The molecule has 2 aliphatic rings. The van der Waals surface area contributed by atoms with Crippen LogP contribution in [-0.2, 0) is 14.3 Å². The molecule has 0 atom stereocenters. The van der Waals surface area contributed by atoms with E-state index >= 15 is 0 Å². The van der Waals surface area contributed by atoms with Crippen molar-refractivity contribution >= 4 is 5.91 Å². The SMILES string of the molecule is CC1(C)CC/C(=C\C(=O)N2CCOCC2)O1. The Balaban J connectivity index is 1.93. The van der Waals surface area contributed by atoms with Crippen LogP contribution in [0.1, 0.15) is 26.7 Å². The van der Waals surface area contributed by atoms with Crippen molar-refractivity contribution in [2.24, 2.45) is 0 Å². The average molecular weight is 225 g/mol. The summed E-state index contributed by atoms with van der Waals surface area (Å²) in [6.07, 6.45) is 3.48. The van der Waals surface area contributed by atoms with Gasteiger partial charge >= 0.3 is 0 Å². The molecule has 0 aromatic rings. The van der Waals surface area contributed by atoms with Crippen LogP contribution in [0.3, 0.4) is 0 Å². The van der Waals surface area contributed by atoms with Gasteiger partial charge in [0.1, 0.15) is 11.4 Å². The third kappa shape index (κ3) is 2.76. The fourth-order valence-electron chi connectivity index (χ4n) is 2.00. The zero-order chi connectivity index (χ0) is 11.6. The van der Waals surface area contributed by atoms with Crippen molar-refractivity contribution in [2.45, 2.75) is 32.3 Å². The third-order valence-electron chi connectivity index (χ3n) is 2.99. The Labute approximate surface area is 96.2 Å². The van der Waals surface area contributed by atoms with Gasteiger partial charge in [0.15, 0.2) is 0 Å². The van der Waals surface area contributed by atoms with Crippen LogP contribution in [0.25, 0.3) is 0 Å². The number of morpholine rings is 1. The standard InChI is InChI=1S/C12H19NO3/c1-12(2)4-3-10(16-12)9-11(14)13-5-7-15-8-6-13/h9H,3-8H2,1-2H3/b10-9+. The lowest BCUT2D eigenvalue weighted by atomic mass is 10.1. The van der Waals surface area contributed by atoms with Crippen LogP contribution in [0, 0.1) is 0 Å². The first kappa shape index (κ1) is 11.5. The Hall–Kier alpha value is -1.03. The number of nitrogens with zero attached hydrogens (tertiary/aromatic N) is 1. The zero-order valence-corrected chi connectivity index (χ0v) is 9.99. The molecule has 0 aliphatic carbocycles. The molecule has 0 saturated carbocycles. The van der Waals surface area contributed by atoms with Crippen molar-refractivity contribution in [3.05, 3.63) is 11.8 Å². The molecule has 4 nitrogen and oxygen atoms in total. The van der Waals surface area contributed by atoms with Crippen molar-refractivity contribution in [1.82, 2.24) is 4.90 Å². The van der Waals surface area contributed by atoms with Gasteiger partial charge in [-0.2, -0.15) is 0 Å². The normalized spacial score (nSPS) is 26.9. The Bertz CT molecular complexity index is 303. The van der Waals surface area contributed by atoms with E-state index in [0.717, 1.165) is 18.6 Å². The van der Waals surface area contributed by atoms with Crippen LogP contribution in [-0.4, -0.2) is 42.7 Å². The number of amides is 1. The van der Waals surface area contributed by atoms with Crippen LogP contribution in [0.15, 0.2) is 11.8 Å².